The SMILES string of the molecule is Cc1cc(C)cc(CC(=O)c2c[nH]c(C=O)c2)c1. The molecule has 1 heterocycles. The van der Waals surface area contributed by atoms with Crippen LogP contribution in [0, 0.1) is 13.8 Å². The van der Waals surface area contributed by atoms with E-state index >= 15 is 0 Å². The Morgan fingerprint density at radius 2 is 1.83 bits per heavy atom. The van der Waals surface area contributed by atoms with Crippen LogP contribution in [0.3, 0.4) is 0 Å². The molecule has 0 radical (unpaired) electrons. The van der Waals surface area contributed by atoms with E-state index in [-0.39, 0.29) is 5.78 Å². The number of hydrogen-bond acceptors (Lipinski definition) is 2. The zero-order valence-corrected chi connectivity index (χ0v) is 10.5. The van der Waals surface area contributed by atoms with Gasteiger partial charge in [-0.05, 0) is 25.5 Å². The van der Waals surface area contributed by atoms with Crippen LogP contribution in [0.1, 0.15) is 37.5 Å². The average molecular weight is 241 g/mol. The molecule has 18 heavy (non-hydrogen) atoms. The molecule has 92 valence electrons. The largest absolute Gasteiger partial charge is 0.358 e. The maximum absolute atomic E-state index is 12.0. The van der Waals surface area contributed by atoms with Crippen molar-refractivity contribution >= 4 is 12.1 Å². The number of ketones is 1. The van der Waals surface area contributed by atoms with E-state index < -0.39 is 0 Å². The molecular formula is C15H15NO2. The van der Waals surface area contributed by atoms with E-state index in [0.717, 1.165) is 16.7 Å². The number of aldehydes is 1. The minimum Gasteiger partial charge on any atom is -0.358 e. The Kier molecular flexibility index (Phi) is 3.42. The predicted molar refractivity (Wildman–Crippen MR) is 70.1 cm³/mol. The lowest BCUT2D eigenvalue weighted by Gasteiger charge is -2.03. The summed E-state index contributed by atoms with van der Waals surface area (Å²) in [5.74, 6) is 0.0179. The Hall–Kier alpha value is -2.16. The van der Waals surface area contributed by atoms with E-state index in [1.165, 1.54) is 0 Å². The summed E-state index contributed by atoms with van der Waals surface area (Å²) in [6, 6.07) is 7.68. The normalized spacial score (nSPS) is 10.3. The zero-order chi connectivity index (χ0) is 13.1. The quantitative estimate of drug-likeness (QED) is 0.661. The lowest BCUT2D eigenvalue weighted by molar-refractivity contribution is 0.0993. The number of nitrogens with one attached hydrogen (secondary N) is 1. The fraction of sp³-hybridized carbons (Fsp3) is 0.200. The molecule has 0 amide bonds. The van der Waals surface area contributed by atoms with Gasteiger partial charge in [0, 0.05) is 18.2 Å². The van der Waals surface area contributed by atoms with Gasteiger partial charge in [0.2, 0.25) is 0 Å². The third kappa shape index (κ3) is 2.74. The summed E-state index contributed by atoms with van der Waals surface area (Å²) >= 11 is 0. The van der Waals surface area contributed by atoms with Crippen LogP contribution in [0.4, 0.5) is 0 Å². The molecule has 0 aliphatic heterocycles. The third-order valence-electron chi connectivity index (χ3n) is 2.80. The summed E-state index contributed by atoms with van der Waals surface area (Å²) in [6.07, 6.45) is 2.64. The number of benzene rings is 1. The van der Waals surface area contributed by atoms with Gasteiger partial charge in [-0.15, -0.1) is 0 Å². The molecular weight excluding hydrogens is 226 g/mol. The highest BCUT2D eigenvalue weighted by Gasteiger charge is 2.09. The van der Waals surface area contributed by atoms with Crippen LogP contribution < -0.4 is 0 Å². The minimum atomic E-state index is 0.0179. The maximum Gasteiger partial charge on any atom is 0.168 e. The average Bonchev–Trinajstić information content (AvgIpc) is 2.75. The van der Waals surface area contributed by atoms with E-state index in [9.17, 15) is 9.59 Å². The molecule has 2 rings (SSSR count). The molecule has 0 saturated carbocycles. The predicted octanol–water partition coefficient (Wildman–Crippen LogP) is 2.87. The number of aromatic nitrogens is 1. The van der Waals surface area contributed by atoms with E-state index in [1.807, 2.05) is 26.0 Å². The molecule has 0 unspecified atom stereocenters. The molecule has 0 aliphatic rings. The number of carbonyl (C=O) groups excluding carboxylic acids is 2. The molecule has 3 nitrogen and oxygen atoms in total. The summed E-state index contributed by atoms with van der Waals surface area (Å²) in [6.45, 7) is 4.03. The Balaban J connectivity index is 2.18. The van der Waals surface area contributed by atoms with Crippen LogP contribution in [0.15, 0.2) is 30.5 Å². The van der Waals surface area contributed by atoms with Crippen molar-refractivity contribution in [2.75, 3.05) is 0 Å². The Morgan fingerprint density at radius 3 is 2.39 bits per heavy atom. The first-order valence-corrected chi connectivity index (χ1v) is 5.82. The molecule has 0 aliphatic carbocycles. The van der Waals surface area contributed by atoms with Crippen molar-refractivity contribution < 1.29 is 9.59 Å². The number of Topliss-reactive ketones (excluding diaryl/α,β-unsaturated/α-hetero) is 1. The van der Waals surface area contributed by atoms with Crippen LogP contribution in [-0.2, 0) is 6.42 Å². The highest BCUT2D eigenvalue weighted by molar-refractivity contribution is 5.98. The minimum absolute atomic E-state index is 0.0179. The van der Waals surface area contributed by atoms with Crippen molar-refractivity contribution in [3.05, 3.63) is 58.4 Å². The number of aromatic amines is 1. The Labute approximate surface area is 106 Å². The van der Waals surface area contributed by atoms with Crippen LogP contribution in [-0.4, -0.2) is 17.1 Å². The van der Waals surface area contributed by atoms with Gasteiger partial charge in [-0.25, -0.2) is 0 Å². The van der Waals surface area contributed by atoms with Crippen molar-refractivity contribution in [3.8, 4) is 0 Å². The van der Waals surface area contributed by atoms with Gasteiger partial charge in [0.05, 0.1) is 5.69 Å². The highest BCUT2D eigenvalue weighted by atomic mass is 16.1. The summed E-state index contributed by atoms with van der Waals surface area (Å²) in [7, 11) is 0. The van der Waals surface area contributed by atoms with Crippen LogP contribution in [0.25, 0.3) is 0 Å². The van der Waals surface area contributed by atoms with Gasteiger partial charge in [-0.2, -0.15) is 0 Å². The molecule has 0 bridgehead atoms. The van der Waals surface area contributed by atoms with Gasteiger partial charge < -0.3 is 4.98 Å². The summed E-state index contributed by atoms with van der Waals surface area (Å²) in [4.78, 5) is 25.3. The fourth-order valence-electron chi connectivity index (χ4n) is 2.10. The van der Waals surface area contributed by atoms with Crippen molar-refractivity contribution in [2.24, 2.45) is 0 Å². The molecule has 3 heteroatoms. The standard InChI is InChI=1S/C15H15NO2/c1-10-3-11(2)5-12(4-10)6-15(18)13-7-14(9-17)16-8-13/h3-5,7-9,16H,6H2,1-2H3. The molecule has 1 N–H and O–H groups in total. The summed E-state index contributed by atoms with van der Waals surface area (Å²) < 4.78 is 0. The van der Waals surface area contributed by atoms with Gasteiger partial charge in [-0.1, -0.05) is 29.3 Å². The monoisotopic (exact) mass is 241 g/mol. The number of carbonyl (C=O) groups is 2. The lowest BCUT2D eigenvalue weighted by Crippen LogP contribution is -2.02. The van der Waals surface area contributed by atoms with Crippen LogP contribution in [0.2, 0.25) is 0 Å². The van der Waals surface area contributed by atoms with Crippen LogP contribution in [0.5, 0.6) is 0 Å². The van der Waals surface area contributed by atoms with Crippen LogP contribution >= 0.6 is 0 Å². The molecule has 1 aromatic carbocycles. The topological polar surface area (TPSA) is 49.9 Å². The third-order valence-corrected chi connectivity index (χ3v) is 2.80. The molecule has 0 atom stereocenters. The molecule has 2 aromatic rings. The van der Waals surface area contributed by atoms with Crippen molar-refractivity contribution in [1.29, 1.82) is 0 Å². The smallest absolute Gasteiger partial charge is 0.168 e. The second-order valence-electron chi connectivity index (χ2n) is 4.56. The highest BCUT2D eigenvalue weighted by Crippen LogP contribution is 2.12. The van der Waals surface area contributed by atoms with E-state index in [2.05, 4.69) is 11.1 Å². The molecule has 0 saturated heterocycles. The Bertz CT molecular complexity index is 576. The second-order valence-corrected chi connectivity index (χ2v) is 4.56. The second kappa shape index (κ2) is 5.00. The fourth-order valence-corrected chi connectivity index (χ4v) is 2.10. The molecule has 0 spiro atoms. The van der Waals surface area contributed by atoms with Crippen molar-refractivity contribution in [3.63, 3.8) is 0 Å². The van der Waals surface area contributed by atoms with E-state index in [1.54, 1.807) is 12.3 Å². The summed E-state index contributed by atoms with van der Waals surface area (Å²) in [5, 5.41) is 0. The molecule has 1 aromatic heterocycles. The maximum atomic E-state index is 12.0. The lowest BCUT2D eigenvalue weighted by atomic mass is 10.0. The number of H-pyrrole nitrogens is 1. The van der Waals surface area contributed by atoms with Gasteiger partial charge in [-0.3, -0.25) is 9.59 Å². The summed E-state index contributed by atoms with van der Waals surface area (Å²) in [5.41, 5.74) is 4.29. The van der Waals surface area contributed by atoms with Gasteiger partial charge in [0.1, 0.15) is 0 Å². The van der Waals surface area contributed by atoms with E-state index in [4.69, 9.17) is 0 Å². The zero-order valence-electron chi connectivity index (χ0n) is 10.5. The first kappa shape index (κ1) is 12.3. The van der Waals surface area contributed by atoms with Gasteiger partial charge in [0.25, 0.3) is 0 Å². The van der Waals surface area contributed by atoms with Crippen molar-refractivity contribution in [2.45, 2.75) is 20.3 Å². The van der Waals surface area contributed by atoms with Gasteiger partial charge >= 0.3 is 0 Å². The van der Waals surface area contributed by atoms with E-state index in [0.29, 0.717) is 24.0 Å². The first-order valence-electron chi connectivity index (χ1n) is 5.82. The number of rotatable bonds is 4. The first-order chi connectivity index (χ1) is 8.58. The van der Waals surface area contributed by atoms with Crippen molar-refractivity contribution in [1.82, 2.24) is 4.98 Å². The number of hydrogen-bond donors (Lipinski definition) is 1. The Morgan fingerprint density at radius 1 is 1.17 bits per heavy atom. The number of aryl methyl sites for hydroxylation is 2. The van der Waals surface area contributed by atoms with Gasteiger partial charge in [0.15, 0.2) is 12.1 Å². The molecule has 0 fully saturated rings.